The summed E-state index contributed by atoms with van der Waals surface area (Å²) in [4.78, 5) is 28.9. The lowest BCUT2D eigenvalue weighted by Gasteiger charge is -2.37. The van der Waals surface area contributed by atoms with Crippen molar-refractivity contribution in [3.63, 3.8) is 0 Å². The van der Waals surface area contributed by atoms with Crippen LogP contribution in [0.3, 0.4) is 0 Å². The smallest absolute Gasteiger partial charge is 0.307 e. The van der Waals surface area contributed by atoms with Crippen LogP contribution in [-0.4, -0.2) is 59.5 Å². The average Bonchev–Trinajstić information content (AvgIpc) is 3.28. The van der Waals surface area contributed by atoms with Crippen LogP contribution in [0, 0.1) is 23.7 Å². The Hall–Kier alpha value is -2.14. The van der Waals surface area contributed by atoms with Crippen molar-refractivity contribution in [3.05, 3.63) is 48.0 Å². The highest BCUT2D eigenvalue weighted by atomic mass is 16.4. The van der Waals surface area contributed by atoms with Crippen LogP contribution < -0.4 is 0 Å². The van der Waals surface area contributed by atoms with Crippen LogP contribution in [0.25, 0.3) is 0 Å². The van der Waals surface area contributed by atoms with Gasteiger partial charge in [0.2, 0.25) is 5.91 Å². The van der Waals surface area contributed by atoms with Gasteiger partial charge in [0.1, 0.15) is 0 Å². The number of carbonyl (C=O) groups excluding carboxylic acids is 1. The Morgan fingerprint density at radius 1 is 0.962 bits per heavy atom. The number of piperazine rings is 1. The summed E-state index contributed by atoms with van der Waals surface area (Å²) in [6, 6.07) is 10.5. The van der Waals surface area contributed by atoms with Crippen LogP contribution in [0.15, 0.2) is 42.5 Å². The fraction of sp³-hybridized carbons (Fsp3) is 0.524. The molecule has 1 amide bonds. The molecule has 3 aliphatic rings. The van der Waals surface area contributed by atoms with E-state index < -0.39 is 11.9 Å². The van der Waals surface area contributed by atoms with E-state index in [1.54, 1.807) is 0 Å². The number of carboxylic acids is 1. The lowest BCUT2D eigenvalue weighted by Crippen LogP contribution is -2.52. The lowest BCUT2D eigenvalue weighted by molar-refractivity contribution is -0.151. The van der Waals surface area contributed by atoms with Crippen molar-refractivity contribution in [3.8, 4) is 0 Å². The molecule has 1 aromatic rings. The second kappa shape index (κ2) is 7.23. The molecule has 1 heterocycles. The Kier molecular flexibility index (Phi) is 4.81. The summed E-state index contributed by atoms with van der Waals surface area (Å²) in [7, 11) is 0. The fourth-order valence-corrected chi connectivity index (χ4v) is 4.83. The molecule has 1 saturated heterocycles. The van der Waals surface area contributed by atoms with E-state index in [1.807, 2.05) is 17.0 Å². The largest absolute Gasteiger partial charge is 0.481 e. The first kappa shape index (κ1) is 17.3. The van der Waals surface area contributed by atoms with Crippen LogP contribution in [0.4, 0.5) is 0 Å². The lowest BCUT2D eigenvalue weighted by atomic mass is 9.82. The minimum atomic E-state index is -0.818. The molecular formula is C21H26N2O3. The maximum atomic E-state index is 13.0. The van der Waals surface area contributed by atoms with Gasteiger partial charge in [-0.05, 0) is 30.2 Å². The Morgan fingerprint density at radius 2 is 1.62 bits per heavy atom. The molecular weight excluding hydrogens is 328 g/mol. The van der Waals surface area contributed by atoms with Gasteiger partial charge in [-0.1, -0.05) is 42.5 Å². The fourth-order valence-electron chi connectivity index (χ4n) is 4.83. The summed E-state index contributed by atoms with van der Waals surface area (Å²) in [6.45, 7) is 4.15. The topological polar surface area (TPSA) is 60.9 Å². The zero-order valence-corrected chi connectivity index (χ0v) is 15.0. The summed E-state index contributed by atoms with van der Waals surface area (Å²) in [6.07, 6.45) is 5.90. The molecule has 2 aliphatic carbocycles. The molecule has 4 rings (SSSR count). The van der Waals surface area contributed by atoms with Crippen LogP contribution >= 0.6 is 0 Å². The van der Waals surface area contributed by atoms with E-state index in [0.717, 1.165) is 32.5 Å². The first-order chi connectivity index (χ1) is 12.6. The molecule has 0 aromatic heterocycles. The molecule has 0 radical (unpaired) electrons. The SMILES string of the molecule is O=C(O)[C@H]1[C@H](C(=O)N2CCN(CCc3ccccc3)CC2)[C@H]2C=C[C@H]1C2. The Morgan fingerprint density at radius 3 is 2.27 bits per heavy atom. The van der Waals surface area contributed by atoms with Crippen LogP contribution in [0.1, 0.15) is 12.0 Å². The predicted molar refractivity (Wildman–Crippen MR) is 98.5 cm³/mol. The van der Waals surface area contributed by atoms with Gasteiger partial charge in [0.25, 0.3) is 0 Å². The van der Waals surface area contributed by atoms with Crippen molar-refractivity contribution < 1.29 is 14.7 Å². The van der Waals surface area contributed by atoms with E-state index in [4.69, 9.17) is 0 Å². The number of benzene rings is 1. The van der Waals surface area contributed by atoms with Gasteiger partial charge in [-0.15, -0.1) is 0 Å². The standard InChI is InChI=1S/C21H26N2O3/c24-20(18-16-6-7-17(14-16)19(18)21(25)26)23-12-10-22(11-13-23)9-8-15-4-2-1-3-5-15/h1-7,16-19H,8-14H2,(H,25,26)/t16-,17-,18+,19+/m0/s1. The molecule has 5 heteroatoms. The molecule has 26 heavy (non-hydrogen) atoms. The van der Waals surface area contributed by atoms with Crippen molar-refractivity contribution in [2.45, 2.75) is 12.8 Å². The number of rotatable bonds is 5. The third-order valence-corrected chi connectivity index (χ3v) is 6.27. The summed E-state index contributed by atoms with van der Waals surface area (Å²) in [5.41, 5.74) is 1.34. The van der Waals surface area contributed by atoms with E-state index >= 15 is 0 Å². The quantitative estimate of drug-likeness (QED) is 0.821. The number of carbonyl (C=O) groups is 2. The molecule has 1 aliphatic heterocycles. The summed E-state index contributed by atoms with van der Waals surface area (Å²) in [5.74, 6) is -1.51. The predicted octanol–water partition coefficient (Wildman–Crippen LogP) is 1.90. The molecule has 138 valence electrons. The highest BCUT2D eigenvalue weighted by Crippen LogP contribution is 2.48. The maximum absolute atomic E-state index is 13.0. The first-order valence-corrected chi connectivity index (χ1v) is 9.59. The number of aliphatic carboxylic acids is 1. The number of hydrogen-bond donors (Lipinski definition) is 1. The molecule has 5 nitrogen and oxygen atoms in total. The molecule has 2 fully saturated rings. The van der Waals surface area contributed by atoms with Gasteiger partial charge in [-0.3, -0.25) is 14.5 Å². The van der Waals surface area contributed by atoms with E-state index in [1.165, 1.54) is 5.56 Å². The average molecular weight is 354 g/mol. The molecule has 0 unspecified atom stereocenters. The maximum Gasteiger partial charge on any atom is 0.307 e. The minimum Gasteiger partial charge on any atom is -0.481 e. The zero-order valence-electron chi connectivity index (χ0n) is 15.0. The monoisotopic (exact) mass is 354 g/mol. The Labute approximate surface area is 154 Å². The molecule has 1 N–H and O–H groups in total. The van der Waals surface area contributed by atoms with Crippen LogP contribution in [0.5, 0.6) is 0 Å². The highest BCUT2D eigenvalue weighted by molar-refractivity contribution is 5.87. The van der Waals surface area contributed by atoms with E-state index in [2.05, 4.69) is 35.2 Å². The molecule has 2 bridgehead atoms. The molecule has 1 saturated carbocycles. The Bertz CT molecular complexity index is 694. The number of nitrogens with zero attached hydrogens (tertiary/aromatic N) is 2. The van der Waals surface area contributed by atoms with Gasteiger partial charge < -0.3 is 10.0 Å². The number of carboxylic acid groups (broad SMARTS) is 1. The molecule has 0 spiro atoms. The third-order valence-electron chi connectivity index (χ3n) is 6.27. The summed E-state index contributed by atoms with van der Waals surface area (Å²) >= 11 is 0. The number of allylic oxidation sites excluding steroid dienone is 2. The van der Waals surface area contributed by atoms with Gasteiger partial charge >= 0.3 is 5.97 Å². The highest BCUT2D eigenvalue weighted by Gasteiger charge is 2.52. The zero-order chi connectivity index (χ0) is 18.1. The summed E-state index contributed by atoms with van der Waals surface area (Å²) in [5, 5.41) is 9.56. The third kappa shape index (κ3) is 3.28. The summed E-state index contributed by atoms with van der Waals surface area (Å²) < 4.78 is 0. The second-order valence-electron chi connectivity index (χ2n) is 7.74. The normalized spacial score (nSPS) is 30.7. The second-order valence-corrected chi connectivity index (χ2v) is 7.74. The van der Waals surface area contributed by atoms with E-state index in [0.29, 0.717) is 13.1 Å². The van der Waals surface area contributed by atoms with Crippen LogP contribution in [-0.2, 0) is 16.0 Å². The minimum absolute atomic E-state index is 0.0404. The number of amides is 1. The first-order valence-electron chi connectivity index (χ1n) is 9.59. The van der Waals surface area contributed by atoms with Crippen LogP contribution in [0.2, 0.25) is 0 Å². The van der Waals surface area contributed by atoms with Crippen molar-refractivity contribution >= 4 is 11.9 Å². The van der Waals surface area contributed by atoms with Crippen molar-refractivity contribution in [2.75, 3.05) is 32.7 Å². The van der Waals surface area contributed by atoms with Crippen molar-refractivity contribution in [1.29, 1.82) is 0 Å². The van der Waals surface area contributed by atoms with Gasteiger partial charge in [-0.2, -0.15) is 0 Å². The van der Waals surface area contributed by atoms with Crippen molar-refractivity contribution in [1.82, 2.24) is 9.80 Å². The molecule has 4 atom stereocenters. The van der Waals surface area contributed by atoms with E-state index in [9.17, 15) is 14.7 Å². The van der Waals surface area contributed by atoms with Gasteiger partial charge in [0.15, 0.2) is 0 Å². The van der Waals surface area contributed by atoms with E-state index in [-0.39, 0.29) is 23.7 Å². The number of hydrogen-bond acceptors (Lipinski definition) is 3. The number of fused-ring (bicyclic) bond motifs is 2. The van der Waals surface area contributed by atoms with Crippen molar-refractivity contribution in [2.24, 2.45) is 23.7 Å². The Balaban J connectivity index is 1.31. The van der Waals surface area contributed by atoms with Gasteiger partial charge in [0.05, 0.1) is 11.8 Å². The molecule has 1 aromatic carbocycles. The van der Waals surface area contributed by atoms with Gasteiger partial charge in [0, 0.05) is 32.7 Å². The van der Waals surface area contributed by atoms with Gasteiger partial charge in [-0.25, -0.2) is 0 Å².